The summed E-state index contributed by atoms with van der Waals surface area (Å²) in [6.07, 6.45) is 2.81. The van der Waals surface area contributed by atoms with Crippen LogP contribution in [0.15, 0.2) is 42.5 Å². The Morgan fingerprint density at radius 3 is 2.23 bits per heavy atom. The molecule has 0 heterocycles. The van der Waals surface area contributed by atoms with Crippen LogP contribution in [0, 0.1) is 20.8 Å². The quantitative estimate of drug-likeness (QED) is 0.476. The number of nitrogens with one attached hydrogen (secondary N) is 2. The molecule has 0 saturated heterocycles. The highest BCUT2D eigenvalue weighted by Gasteiger charge is 2.11. The fourth-order valence-electron chi connectivity index (χ4n) is 2.98. The van der Waals surface area contributed by atoms with Crippen LogP contribution in [0.5, 0.6) is 5.75 Å². The van der Waals surface area contributed by atoms with Crippen molar-refractivity contribution < 1.29 is 23.9 Å². The molecule has 0 atom stereocenters. The fourth-order valence-corrected chi connectivity index (χ4v) is 2.98. The Kier molecular flexibility index (Phi) is 8.81. The molecule has 7 nitrogen and oxygen atoms in total. The number of aryl methyl sites for hydroxylation is 3. The van der Waals surface area contributed by atoms with Gasteiger partial charge in [0.1, 0.15) is 5.75 Å². The maximum atomic E-state index is 12.1. The number of carbonyl (C=O) groups is 3. The summed E-state index contributed by atoms with van der Waals surface area (Å²) < 4.78 is 10.2. The first-order valence-corrected chi connectivity index (χ1v) is 10.0. The highest BCUT2D eigenvalue weighted by molar-refractivity contribution is 5.96. The molecule has 0 radical (unpaired) electrons. The lowest BCUT2D eigenvalue weighted by Crippen LogP contribution is -2.35. The van der Waals surface area contributed by atoms with E-state index in [-0.39, 0.29) is 12.5 Å². The van der Waals surface area contributed by atoms with E-state index >= 15 is 0 Å². The first-order chi connectivity index (χ1) is 14.8. The first kappa shape index (κ1) is 23.7. The minimum Gasteiger partial charge on any atom is -0.494 e. The van der Waals surface area contributed by atoms with Gasteiger partial charge in [-0.05, 0) is 62.6 Å². The standard InChI is InChI=1S/C24H28N2O5/c1-5-30-20-9-6-19(7-10-20)8-11-23(29)31-15-22(28)25-14-21(27)26-24-17(3)12-16(2)13-18(24)4/h6-13H,5,14-15H2,1-4H3,(H,25,28)(H,26,27)/b11-8+. The monoisotopic (exact) mass is 424 g/mol. The maximum absolute atomic E-state index is 12.1. The molecule has 0 aliphatic heterocycles. The molecular formula is C24H28N2O5. The molecule has 0 spiro atoms. The summed E-state index contributed by atoms with van der Waals surface area (Å²) in [7, 11) is 0. The molecule has 0 saturated carbocycles. The minimum absolute atomic E-state index is 0.217. The molecule has 0 aliphatic carbocycles. The van der Waals surface area contributed by atoms with Crippen LogP contribution in [0.25, 0.3) is 6.08 Å². The number of anilines is 1. The van der Waals surface area contributed by atoms with E-state index in [9.17, 15) is 14.4 Å². The van der Waals surface area contributed by atoms with E-state index in [1.807, 2.05) is 39.8 Å². The van der Waals surface area contributed by atoms with Crippen LogP contribution in [0.2, 0.25) is 0 Å². The van der Waals surface area contributed by atoms with Gasteiger partial charge in [-0.3, -0.25) is 9.59 Å². The van der Waals surface area contributed by atoms with Crippen LogP contribution in [-0.4, -0.2) is 37.5 Å². The van der Waals surface area contributed by atoms with Gasteiger partial charge in [-0.1, -0.05) is 29.8 Å². The molecule has 0 bridgehead atoms. The molecule has 7 heteroatoms. The summed E-state index contributed by atoms with van der Waals surface area (Å²) in [5, 5.41) is 5.23. The number of hydrogen-bond donors (Lipinski definition) is 2. The van der Waals surface area contributed by atoms with Crippen LogP contribution in [0.3, 0.4) is 0 Å². The van der Waals surface area contributed by atoms with Gasteiger partial charge >= 0.3 is 5.97 Å². The van der Waals surface area contributed by atoms with Crippen LogP contribution in [0.4, 0.5) is 5.69 Å². The van der Waals surface area contributed by atoms with Crippen molar-refractivity contribution in [2.45, 2.75) is 27.7 Å². The molecule has 2 amide bonds. The first-order valence-electron chi connectivity index (χ1n) is 10.0. The third kappa shape index (κ3) is 7.97. The van der Waals surface area contributed by atoms with Gasteiger partial charge in [0, 0.05) is 11.8 Å². The molecule has 2 rings (SSSR count). The molecule has 0 aromatic heterocycles. The number of carbonyl (C=O) groups excluding carboxylic acids is 3. The summed E-state index contributed by atoms with van der Waals surface area (Å²) in [5.74, 6) is -0.824. The Hall–Kier alpha value is -3.61. The fraction of sp³-hybridized carbons (Fsp3) is 0.292. The van der Waals surface area contributed by atoms with Crippen LogP contribution in [0.1, 0.15) is 29.2 Å². The number of hydrogen-bond acceptors (Lipinski definition) is 5. The molecule has 2 aromatic carbocycles. The number of amides is 2. The van der Waals surface area contributed by atoms with Crippen molar-refractivity contribution in [2.75, 3.05) is 25.1 Å². The zero-order chi connectivity index (χ0) is 22.8. The Balaban J connectivity index is 1.73. The highest BCUT2D eigenvalue weighted by atomic mass is 16.5. The molecule has 0 aliphatic rings. The molecule has 0 unspecified atom stereocenters. The average molecular weight is 424 g/mol. The van der Waals surface area contributed by atoms with Crippen molar-refractivity contribution >= 4 is 29.5 Å². The summed E-state index contributed by atoms with van der Waals surface area (Å²) in [4.78, 5) is 35.7. The lowest BCUT2D eigenvalue weighted by Gasteiger charge is -2.13. The van der Waals surface area contributed by atoms with Crippen molar-refractivity contribution in [1.82, 2.24) is 5.32 Å². The van der Waals surface area contributed by atoms with Gasteiger partial charge in [0.25, 0.3) is 5.91 Å². The molecule has 164 valence electrons. The van der Waals surface area contributed by atoms with Gasteiger partial charge in [-0.25, -0.2) is 4.79 Å². The lowest BCUT2D eigenvalue weighted by molar-refractivity contribution is -0.143. The Labute approximate surface area is 182 Å². The van der Waals surface area contributed by atoms with Crippen LogP contribution >= 0.6 is 0 Å². The summed E-state index contributed by atoms with van der Waals surface area (Å²) in [5.41, 5.74) is 4.54. The second-order valence-electron chi connectivity index (χ2n) is 7.04. The highest BCUT2D eigenvalue weighted by Crippen LogP contribution is 2.21. The second-order valence-corrected chi connectivity index (χ2v) is 7.04. The number of benzene rings is 2. The normalized spacial score (nSPS) is 10.6. The molecule has 2 aromatic rings. The van der Waals surface area contributed by atoms with Crippen LogP contribution in [-0.2, 0) is 19.1 Å². The molecule has 31 heavy (non-hydrogen) atoms. The minimum atomic E-state index is -0.653. The van der Waals surface area contributed by atoms with Gasteiger partial charge in [0.2, 0.25) is 5.91 Å². The van der Waals surface area contributed by atoms with E-state index in [2.05, 4.69) is 10.6 Å². The van der Waals surface area contributed by atoms with Crippen molar-refractivity contribution in [1.29, 1.82) is 0 Å². The maximum Gasteiger partial charge on any atom is 0.331 e. The zero-order valence-corrected chi connectivity index (χ0v) is 18.3. The smallest absolute Gasteiger partial charge is 0.331 e. The van der Waals surface area contributed by atoms with Crippen molar-refractivity contribution in [2.24, 2.45) is 0 Å². The number of esters is 1. The third-order valence-electron chi connectivity index (χ3n) is 4.34. The lowest BCUT2D eigenvalue weighted by atomic mass is 10.1. The van der Waals surface area contributed by atoms with Crippen molar-refractivity contribution in [3.05, 3.63) is 64.7 Å². The molecular weight excluding hydrogens is 396 g/mol. The van der Waals surface area contributed by atoms with Crippen molar-refractivity contribution in [3.8, 4) is 5.75 Å². The van der Waals surface area contributed by atoms with Gasteiger partial charge in [0.05, 0.1) is 13.2 Å². The third-order valence-corrected chi connectivity index (χ3v) is 4.34. The Morgan fingerprint density at radius 2 is 1.61 bits per heavy atom. The number of ether oxygens (including phenoxy) is 2. The van der Waals surface area contributed by atoms with E-state index in [0.717, 1.165) is 33.7 Å². The Bertz CT molecular complexity index is 941. The largest absolute Gasteiger partial charge is 0.494 e. The number of rotatable bonds is 9. The van der Waals surface area contributed by atoms with Gasteiger partial charge < -0.3 is 20.1 Å². The van der Waals surface area contributed by atoms with E-state index in [4.69, 9.17) is 9.47 Å². The average Bonchev–Trinajstić information content (AvgIpc) is 2.73. The summed E-state index contributed by atoms with van der Waals surface area (Å²) in [6, 6.07) is 11.2. The van der Waals surface area contributed by atoms with Gasteiger partial charge in [0.15, 0.2) is 6.61 Å². The predicted molar refractivity (Wildman–Crippen MR) is 120 cm³/mol. The van der Waals surface area contributed by atoms with Crippen LogP contribution < -0.4 is 15.4 Å². The molecule has 2 N–H and O–H groups in total. The van der Waals surface area contributed by atoms with Gasteiger partial charge in [-0.2, -0.15) is 0 Å². The van der Waals surface area contributed by atoms with Crippen molar-refractivity contribution in [3.63, 3.8) is 0 Å². The zero-order valence-electron chi connectivity index (χ0n) is 18.3. The topological polar surface area (TPSA) is 93.7 Å². The van der Waals surface area contributed by atoms with E-state index in [1.54, 1.807) is 30.3 Å². The SMILES string of the molecule is CCOc1ccc(/C=C/C(=O)OCC(=O)NCC(=O)Nc2c(C)cc(C)cc2C)cc1. The summed E-state index contributed by atoms with van der Waals surface area (Å²) in [6.45, 7) is 7.60. The predicted octanol–water partition coefficient (Wildman–Crippen LogP) is 3.32. The Morgan fingerprint density at radius 1 is 0.968 bits per heavy atom. The van der Waals surface area contributed by atoms with E-state index < -0.39 is 18.5 Å². The van der Waals surface area contributed by atoms with E-state index in [0.29, 0.717) is 6.61 Å². The van der Waals surface area contributed by atoms with Gasteiger partial charge in [-0.15, -0.1) is 0 Å². The summed E-state index contributed by atoms with van der Waals surface area (Å²) >= 11 is 0. The van der Waals surface area contributed by atoms with E-state index in [1.165, 1.54) is 6.08 Å². The second kappa shape index (κ2) is 11.5. The molecule has 0 fully saturated rings.